The Morgan fingerprint density at radius 1 is 0.881 bits per heavy atom. The average Bonchev–Trinajstić information content (AvgIpc) is 2.99. The molecule has 0 fully saturated rings. The van der Waals surface area contributed by atoms with E-state index in [0.717, 1.165) is 22.1 Å². The molecule has 2 amide bonds. The molecule has 0 spiro atoms. The number of hydrogen-bond donors (Lipinski definition) is 2. The summed E-state index contributed by atoms with van der Waals surface area (Å²) >= 11 is 27.6. The second kappa shape index (κ2) is 14.7. The highest BCUT2D eigenvalue weighted by Gasteiger charge is 2.32. The summed E-state index contributed by atoms with van der Waals surface area (Å²) in [5, 5.41) is 9.68. The van der Waals surface area contributed by atoms with Gasteiger partial charge in [0, 0.05) is 44.2 Å². The zero-order valence-electron chi connectivity index (χ0n) is 23.0. The number of para-hydroxylation sites is 2. The third-order valence-corrected chi connectivity index (χ3v) is 8.42. The summed E-state index contributed by atoms with van der Waals surface area (Å²) in [5.41, 5.74) is 3.01. The molecule has 15 heteroatoms. The Bertz CT molecular complexity index is 1560. The van der Waals surface area contributed by atoms with Crippen LogP contribution in [0.25, 0.3) is 0 Å². The third kappa shape index (κ3) is 7.27. The molecule has 0 atom stereocenters. The molecule has 0 radical (unpaired) electrons. The number of urea groups is 1. The molecule has 0 saturated carbocycles. The van der Waals surface area contributed by atoms with E-state index in [1.165, 1.54) is 33.3 Å². The Morgan fingerprint density at radius 3 is 2.05 bits per heavy atom. The lowest BCUT2D eigenvalue weighted by atomic mass is 10.2. The number of fused-ring (bicyclic) bond motifs is 1. The second-order valence-corrected chi connectivity index (χ2v) is 11.8. The van der Waals surface area contributed by atoms with Gasteiger partial charge in [-0.2, -0.15) is 0 Å². The predicted octanol–water partition coefficient (Wildman–Crippen LogP) is 8.24. The fraction of sp³-hybridized carbons (Fsp3) is 0.222. The molecule has 5 rings (SSSR count). The van der Waals surface area contributed by atoms with E-state index in [4.69, 9.17) is 46.4 Å². The van der Waals surface area contributed by atoms with Crippen molar-refractivity contribution in [3.05, 3.63) is 80.0 Å². The quantitative estimate of drug-likeness (QED) is 0.147. The summed E-state index contributed by atoms with van der Waals surface area (Å²) < 4.78 is 0. The van der Waals surface area contributed by atoms with E-state index in [-0.39, 0.29) is 6.03 Å². The first-order chi connectivity index (χ1) is 20.2. The molecule has 0 aliphatic carbocycles. The molecule has 0 saturated heterocycles. The molecule has 9 nitrogen and oxygen atoms in total. The SMILES string of the molecule is CNc1nc(SC)ncc1CNc1c(Cl)cccc1Cl.CSc1ncc2c(n1)N(C)C(=O)N(c1c(Cl)cccc1Cl)C2. The smallest absolute Gasteiger partial charge is 0.330 e. The van der Waals surface area contributed by atoms with Gasteiger partial charge in [0.25, 0.3) is 0 Å². The number of hydrogen-bond acceptors (Lipinski definition) is 9. The molecular formula is C27H26Cl4N8OS2. The summed E-state index contributed by atoms with van der Waals surface area (Å²) in [4.78, 5) is 33.0. The van der Waals surface area contributed by atoms with Gasteiger partial charge in [-0.25, -0.2) is 24.7 Å². The maximum atomic E-state index is 12.7. The average molecular weight is 685 g/mol. The van der Waals surface area contributed by atoms with Gasteiger partial charge in [0.2, 0.25) is 0 Å². The zero-order chi connectivity index (χ0) is 30.4. The van der Waals surface area contributed by atoms with Crippen LogP contribution in [0.5, 0.6) is 0 Å². The van der Waals surface area contributed by atoms with E-state index in [2.05, 4.69) is 30.6 Å². The lowest BCUT2D eigenvalue weighted by Crippen LogP contribution is -2.46. The van der Waals surface area contributed by atoms with Gasteiger partial charge in [-0.1, -0.05) is 82.1 Å². The lowest BCUT2D eigenvalue weighted by molar-refractivity contribution is 0.251. The highest BCUT2D eigenvalue weighted by molar-refractivity contribution is 7.98. The van der Waals surface area contributed by atoms with Crippen molar-refractivity contribution in [2.45, 2.75) is 23.4 Å². The van der Waals surface area contributed by atoms with E-state index in [0.29, 0.717) is 55.5 Å². The molecule has 1 aliphatic heterocycles. The minimum Gasteiger partial charge on any atom is -0.378 e. The van der Waals surface area contributed by atoms with E-state index < -0.39 is 0 Å². The Labute approximate surface area is 272 Å². The van der Waals surface area contributed by atoms with Crippen LogP contribution in [0.1, 0.15) is 11.1 Å². The van der Waals surface area contributed by atoms with Crippen LogP contribution in [0.4, 0.5) is 27.8 Å². The van der Waals surface area contributed by atoms with Gasteiger partial charge in [0.1, 0.15) is 11.6 Å². The van der Waals surface area contributed by atoms with Crippen molar-refractivity contribution in [1.82, 2.24) is 19.9 Å². The van der Waals surface area contributed by atoms with Crippen molar-refractivity contribution in [3.63, 3.8) is 0 Å². The van der Waals surface area contributed by atoms with Crippen LogP contribution in [-0.4, -0.2) is 52.6 Å². The molecule has 42 heavy (non-hydrogen) atoms. The van der Waals surface area contributed by atoms with E-state index >= 15 is 0 Å². The number of anilines is 4. The van der Waals surface area contributed by atoms with Gasteiger partial charge >= 0.3 is 6.03 Å². The summed E-state index contributed by atoms with van der Waals surface area (Å²) in [6.45, 7) is 0.866. The molecule has 220 valence electrons. The number of halogens is 4. The Hall–Kier alpha value is -2.67. The molecule has 3 heterocycles. The normalized spacial score (nSPS) is 12.4. The second-order valence-electron chi connectivity index (χ2n) is 8.63. The standard InChI is InChI=1S/C14H12Cl2N4OS.C13H14Cl2N4S/c1-19-12-8(6-17-13(18-12)22-2)7-20(14(19)21)11-9(15)4-3-5-10(11)16;1-16-12-8(7-18-13(19-12)20-2)6-17-11-9(14)4-3-5-10(11)15/h3-6H,7H2,1-2H3;3-5,7,17H,6H2,1-2H3,(H,16,18,19). The van der Waals surface area contributed by atoms with E-state index in [1.807, 2.05) is 25.6 Å². The van der Waals surface area contributed by atoms with Gasteiger partial charge in [0.05, 0.1) is 38.0 Å². The van der Waals surface area contributed by atoms with Gasteiger partial charge in [0.15, 0.2) is 10.3 Å². The predicted molar refractivity (Wildman–Crippen MR) is 177 cm³/mol. The molecule has 2 N–H and O–H groups in total. The number of carbonyl (C=O) groups excluding carboxylic acids is 1. The number of rotatable bonds is 7. The van der Waals surface area contributed by atoms with Crippen LogP contribution in [0.2, 0.25) is 20.1 Å². The first kappa shape index (κ1) is 32.2. The zero-order valence-corrected chi connectivity index (χ0v) is 27.6. The van der Waals surface area contributed by atoms with Crippen LogP contribution in [0.15, 0.2) is 59.1 Å². The molecule has 2 aromatic heterocycles. The molecule has 0 unspecified atom stereocenters. The highest BCUT2D eigenvalue weighted by Crippen LogP contribution is 2.38. The molecule has 0 bridgehead atoms. The lowest BCUT2D eigenvalue weighted by Gasteiger charge is -2.34. The number of carbonyl (C=O) groups is 1. The van der Waals surface area contributed by atoms with Crippen LogP contribution >= 0.6 is 69.9 Å². The van der Waals surface area contributed by atoms with Gasteiger partial charge in [-0.3, -0.25) is 9.80 Å². The number of aromatic nitrogens is 4. The molecular weight excluding hydrogens is 658 g/mol. The van der Waals surface area contributed by atoms with Crippen molar-refractivity contribution in [2.24, 2.45) is 0 Å². The number of thioether (sulfide) groups is 2. The topological polar surface area (TPSA) is 99.2 Å². The summed E-state index contributed by atoms with van der Waals surface area (Å²) in [6, 6.07) is 10.3. The minimum absolute atomic E-state index is 0.228. The molecule has 2 aromatic carbocycles. The fourth-order valence-corrected chi connectivity index (χ4v) is 5.81. The maximum Gasteiger partial charge on any atom is 0.330 e. The monoisotopic (exact) mass is 682 g/mol. The Balaban J connectivity index is 0.000000194. The van der Waals surface area contributed by atoms with E-state index in [1.54, 1.807) is 49.8 Å². The van der Waals surface area contributed by atoms with Crippen molar-refractivity contribution < 1.29 is 4.79 Å². The first-order valence-corrected chi connectivity index (χ1v) is 16.3. The maximum absolute atomic E-state index is 12.7. The van der Waals surface area contributed by atoms with Crippen LogP contribution in [-0.2, 0) is 13.1 Å². The number of nitrogens with zero attached hydrogens (tertiary/aromatic N) is 6. The molecule has 1 aliphatic rings. The van der Waals surface area contributed by atoms with Crippen molar-refractivity contribution in [3.8, 4) is 0 Å². The van der Waals surface area contributed by atoms with Crippen molar-refractivity contribution in [1.29, 1.82) is 0 Å². The summed E-state index contributed by atoms with van der Waals surface area (Å²) in [5.74, 6) is 1.41. The van der Waals surface area contributed by atoms with Gasteiger partial charge in [-0.15, -0.1) is 0 Å². The number of nitrogens with one attached hydrogen (secondary N) is 2. The largest absolute Gasteiger partial charge is 0.378 e. The fourth-order valence-electron chi connectivity index (χ4n) is 4.00. The van der Waals surface area contributed by atoms with E-state index in [9.17, 15) is 4.79 Å². The minimum atomic E-state index is -0.228. The molecule has 4 aromatic rings. The number of benzene rings is 2. The van der Waals surface area contributed by atoms with Crippen LogP contribution < -0.4 is 20.4 Å². The summed E-state index contributed by atoms with van der Waals surface area (Å²) in [6.07, 6.45) is 7.36. The third-order valence-electron chi connectivity index (χ3n) is 6.05. The highest BCUT2D eigenvalue weighted by atomic mass is 35.5. The van der Waals surface area contributed by atoms with Crippen LogP contribution in [0, 0.1) is 0 Å². The Morgan fingerprint density at radius 2 is 1.45 bits per heavy atom. The van der Waals surface area contributed by atoms with Gasteiger partial charge < -0.3 is 10.6 Å². The van der Waals surface area contributed by atoms with Crippen molar-refractivity contribution >= 4 is 99.0 Å². The first-order valence-electron chi connectivity index (χ1n) is 12.3. The summed E-state index contributed by atoms with van der Waals surface area (Å²) in [7, 11) is 3.51. The number of amides is 2. The Kier molecular flexibility index (Phi) is 11.3. The van der Waals surface area contributed by atoms with Gasteiger partial charge in [-0.05, 0) is 36.8 Å². The van der Waals surface area contributed by atoms with Crippen molar-refractivity contribution in [2.75, 3.05) is 47.0 Å². The van der Waals surface area contributed by atoms with Crippen LogP contribution in [0.3, 0.4) is 0 Å².